The predicted octanol–water partition coefficient (Wildman–Crippen LogP) is 4.07. The number of nitrogens with zero attached hydrogens (tertiary/aromatic N) is 4. The molecule has 1 saturated heterocycles. The van der Waals surface area contributed by atoms with Crippen molar-refractivity contribution in [3.8, 4) is 5.75 Å². The summed E-state index contributed by atoms with van der Waals surface area (Å²) in [5, 5.41) is 11.0. The van der Waals surface area contributed by atoms with Gasteiger partial charge in [0.1, 0.15) is 29.3 Å². The number of ether oxygens (including phenoxy) is 3. The molecule has 1 aliphatic rings. The third-order valence-corrected chi connectivity index (χ3v) is 7.17. The van der Waals surface area contributed by atoms with Gasteiger partial charge in [-0.25, -0.2) is 15.0 Å². The Morgan fingerprint density at radius 3 is 2.21 bits per heavy atom. The number of aliphatic hydroxyl groups excluding tert-OH is 1. The van der Waals surface area contributed by atoms with Gasteiger partial charge in [-0.05, 0) is 28.8 Å². The number of nitrogens with two attached hydrogens (primary N) is 1. The average Bonchev–Trinajstić information content (AvgIpc) is 3.58. The molecule has 6 rings (SSSR count). The van der Waals surface area contributed by atoms with Crippen LogP contribution in [0, 0.1) is 0 Å². The van der Waals surface area contributed by atoms with Gasteiger partial charge < -0.3 is 25.1 Å². The number of fused-ring (bicyclic) bond motifs is 1. The SMILES string of the molecule is COc1ccc(C(OC[C@@H]2C[C@@H](O)[C@H](n3cnc4c(N)ncnc43)O2)(c2ccccc2)c2ccccc2)cc1. The first kappa shape index (κ1) is 25.0. The first-order valence-corrected chi connectivity index (χ1v) is 12.8. The number of aromatic nitrogens is 4. The molecule has 1 fully saturated rings. The third-order valence-electron chi connectivity index (χ3n) is 7.17. The van der Waals surface area contributed by atoms with Gasteiger partial charge in [0.05, 0.1) is 26.1 Å². The van der Waals surface area contributed by atoms with E-state index in [4.69, 9.17) is 19.9 Å². The van der Waals surface area contributed by atoms with Crippen LogP contribution in [-0.2, 0) is 15.1 Å². The smallest absolute Gasteiger partial charge is 0.167 e. The summed E-state index contributed by atoms with van der Waals surface area (Å²) < 4.78 is 20.4. The Bertz CT molecular complexity index is 1500. The molecule has 198 valence electrons. The van der Waals surface area contributed by atoms with Gasteiger partial charge in [-0.15, -0.1) is 0 Å². The van der Waals surface area contributed by atoms with E-state index in [0.717, 1.165) is 22.4 Å². The van der Waals surface area contributed by atoms with Crippen molar-refractivity contribution >= 4 is 17.0 Å². The number of imidazole rings is 1. The summed E-state index contributed by atoms with van der Waals surface area (Å²) in [6.45, 7) is 0.229. The minimum absolute atomic E-state index is 0.229. The molecule has 0 spiro atoms. The zero-order valence-corrected chi connectivity index (χ0v) is 21.4. The Balaban J connectivity index is 1.35. The van der Waals surface area contributed by atoms with Crippen molar-refractivity contribution in [2.24, 2.45) is 0 Å². The zero-order valence-electron chi connectivity index (χ0n) is 21.4. The molecule has 3 N–H and O–H groups in total. The second-order valence-corrected chi connectivity index (χ2v) is 9.49. The maximum atomic E-state index is 11.0. The molecule has 0 aliphatic carbocycles. The van der Waals surface area contributed by atoms with Crippen LogP contribution in [0.4, 0.5) is 5.82 Å². The predicted molar refractivity (Wildman–Crippen MR) is 146 cm³/mol. The Labute approximate surface area is 225 Å². The Kier molecular flexibility index (Phi) is 6.70. The van der Waals surface area contributed by atoms with Crippen LogP contribution in [0.5, 0.6) is 5.75 Å². The van der Waals surface area contributed by atoms with Crippen molar-refractivity contribution in [1.82, 2.24) is 19.5 Å². The highest BCUT2D eigenvalue weighted by Crippen LogP contribution is 2.42. The minimum atomic E-state index is -0.926. The molecule has 0 radical (unpaired) electrons. The van der Waals surface area contributed by atoms with Crippen molar-refractivity contribution in [2.75, 3.05) is 19.5 Å². The highest BCUT2D eigenvalue weighted by atomic mass is 16.6. The maximum Gasteiger partial charge on any atom is 0.167 e. The summed E-state index contributed by atoms with van der Waals surface area (Å²) in [6.07, 6.45) is 1.49. The standard InChI is InChI=1S/C30H29N5O4/c1-37-23-14-12-22(13-15-23)30(20-8-4-2-5-9-20,21-10-6-3-7-11-21)38-17-24-16-25(36)29(39-24)35-19-34-26-27(31)32-18-33-28(26)35/h2-15,18-19,24-25,29,36H,16-17H2,1H3,(H2,31,32,33)/t24-,25+,29+/m0/s1. The van der Waals surface area contributed by atoms with Gasteiger partial charge >= 0.3 is 0 Å². The number of methoxy groups -OCH3 is 1. The highest BCUT2D eigenvalue weighted by Gasteiger charge is 2.41. The number of hydrogen-bond donors (Lipinski definition) is 2. The molecule has 3 aromatic carbocycles. The fourth-order valence-corrected chi connectivity index (χ4v) is 5.28. The maximum absolute atomic E-state index is 11.0. The molecule has 2 aromatic heterocycles. The molecule has 1 aliphatic heterocycles. The highest BCUT2D eigenvalue weighted by molar-refractivity contribution is 5.81. The lowest BCUT2D eigenvalue weighted by molar-refractivity contribution is -0.0851. The molecule has 39 heavy (non-hydrogen) atoms. The fourth-order valence-electron chi connectivity index (χ4n) is 5.28. The topological polar surface area (TPSA) is 118 Å². The molecule has 0 bridgehead atoms. The number of anilines is 1. The van der Waals surface area contributed by atoms with Crippen LogP contribution in [-0.4, -0.2) is 50.6 Å². The first-order valence-electron chi connectivity index (χ1n) is 12.8. The molecular weight excluding hydrogens is 494 g/mol. The number of aliphatic hydroxyl groups is 1. The molecular formula is C30H29N5O4. The van der Waals surface area contributed by atoms with Crippen LogP contribution in [0.1, 0.15) is 29.3 Å². The molecule has 3 heterocycles. The molecule has 0 amide bonds. The fraction of sp³-hybridized carbons (Fsp3) is 0.233. The van der Waals surface area contributed by atoms with Crippen molar-refractivity contribution < 1.29 is 19.3 Å². The van der Waals surface area contributed by atoms with Crippen molar-refractivity contribution in [1.29, 1.82) is 0 Å². The lowest BCUT2D eigenvalue weighted by Crippen LogP contribution is -2.35. The summed E-state index contributed by atoms with van der Waals surface area (Å²) in [7, 11) is 1.65. The Morgan fingerprint density at radius 2 is 1.56 bits per heavy atom. The van der Waals surface area contributed by atoms with E-state index in [1.165, 1.54) is 6.33 Å². The number of hydrogen-bond acceptors (Lipinski definition) is 8. The quantitative estimate of drug-likeness (QED) is 0.292. The molecule has 0 unspecified atom stereocenters. The average molecular weight is 524 g/mol. The lowest BCUT2D eigenvalue weighted by atomic mass is 9.80. The van der Waals surface area contributed by atoms with Gasteiger partial charge in [0.15, 0.2) is 17.7 Å². The van der Waals surface area contributed by atoms with E-state index < -0.39 is 17.9 Å². The molecule has 3 atom stereocenters. The molecule has 9 heteroatoms. The largest absolute Gasteiger partial charge is 0.497 e. The minimum Gasteiger partial charge on any atom is -0.497 e. The Morgan fingerprint density at radius 1 is 0.923 bits per heavy atom. The first-order chi connectivity index (χ1) is 19.1. The van der Waals surface area contributed by atoms with Crippen LogP contribution in [0.3, 0.4) is 0 Å². The van der Waals surface area contributed by atoms with E-state index in [-0.39, 0.29) is 18.5 Å². The van der Waals surface area contributed by atoms with Crippen molar-refractivity contribution in [3.05, 3.63) is 114 Å². The molecule has 0 saturated carbocycles. The van der Waals surface area contributed by atoms with E-state index in [1.54, 1.807) is 18.0 Å². The van der Waals surface area contributed by atoms with Crippen LogP contribution in [0.15, 0.2) is 97.6 Å². The second-order valence-electron chi connectivity index (χ2n) is 9.49. The zero-order chi connectivity index (χ0) is 26.8. The Hall–Kier alpha value is -4.31. The van der Waals surface area contributed by atoms with E-state index in [0.29, 0.717) is 17.6 Å². The summed E-state index contributed by atoms with van der Waals surface area (Å²) >= 11 is 0. The number of rotatable bonds is 8. The van der Waals surface area contributed by atoms with E-state index >= 15 is 0 Å². The summed E-state index contributed by atoms with van der Waals surface area (Å²) in [6, 6.07) is 28.1. The van der Waals surface area contributed by atoms with E-state index in [9.17, 15) is 5.11 Å². The third kappa shape index (κ3) is 4.50. The molecule has 9 nitrogen and oxygen atoms in total. The van der Waals surface area contributed by atoms with Crippen LogP contribution in [0.25, 0.3) is 11.2 Å². The van der Waals surface area contributed by atoms with Gasteiger partial charge in [-0.3, -0.25) is 4.57 Å². The van der Waals surface area contributed by atoms with Crippen molar-refractivity contribution in [2.45, 2.75) is 30.5 Å². The normalized spacial score (nSPS) is 19.4. The summed E-state index contributed by atoms with van der Waals surface area (Å²) in [5.74, 6) is 1.04. The van der Waals surface area contributed by atoms with E-state index in [1.807, 2.05) is 60.7 Å². The van der Waals surface area contributed by atoms with E-state index in [2.05, 4.69) is 39.2 Å². The van der Waals surface area contributed by atoms with Gasteiger partial charge in [0, 0.05) is 6.42 Å². The van der Waals surface area contributed by atoms with Crippen LogP contribution >= 0.6 is 0 Å². The second kappa shape index (κ2) is 10.5. The monoisotopic (exact) mass is 523 g/mol. The lowest BCUT2D eigenvalue weighted by Gasteiger charge is -2.36. The van der Waals surface area contributed by atoms with Crippen molar-refractivity contribution in [3.63, 3.8) is 0 Å². The summed E-state index contributed by atoms with van der Waals surface area (Å²) in [5.41, 5.74) is 8.91. The van der Waals surface area contributed by atoms with Crippen LogP contribution < -0.4 is 10.5 Å². The molecule has 5 aromatic rings. The van der Waals surface area contributed by atoms with Gasteiger partial charge in [-0.1, -0.05) is 72.8 Å². The van der Waals surface area contributed by atoms with Gasteiger partial charge in [0.2, 0.25) is 0 Å². The number of benzene rings is 3. The number of nitrogen functional groups attached to an aromatic ring is 1. The van der Waals surface area contributed by atoms with Gasteiger partial charge in [0.25, 0.3) is 0 Å². The van der Waals surface area contributed by atoms with Crippen LogP contribution in [0.2, 0.25) is 0 Å². The summed E-state index contributed by atoms with van der Waals surface area (Å²) in [4.78, 5) is 12.6. The van der Waals surface area contributed by atoms with Gasteiger partial charge in [-0.2, -0.15) is 0 Å².